The summed E-state index contributed by atoms with van der Waals surface area (Å²) >= 11 is 0. The third kappa shape index (κ3) is 7.48. The van der Waals surface area contributed by atoms with Crippen molar-refractivity contribution in [3.63, 3.8) is 0 Å². The van der Waals surface area contributed by atoms with Crippen LogP contribution in [0.25, 0.3) is 11.1 Å². The highest BCUT2D eigenvalue weighted by Crippen LogP contribution is 2.30. The Balaban J connectivity index is 1.36. The largest absolute Gasteiger partial charge is 0.385 e. The fourth-order valence-corrected chi connectivity index (χ4v) is 6.02. The number of benzene rings is 1. The van der Waals surface area contributed by atoms with Crippen LogP contribution >= 0.6 is 0 Å². The number of carbonyl (C=O) groups is 1. The number of aromatic amines is 1. The molecule has 5 rings (SSSR count). The number of hydrogen-bond donors (Lipinski definition) is 4. The highest BCUT2D eigenvalue weighted by molar-refractivity contribution is 5.98. The number of anilines is 1. The molecule has 1 saturated heterocycles. The standard InChI is InChI=1S/C32H45N7O3/c1-21-14-22(2)37-32(41)29(21)19-35-31(40)28-15-25(16-30(23(28)3)34-17-24-4-6-27(33)7-5-24)26-18-36-39(20-26)9-8-38-10-12-42-13-11-38/h14-16,18,20,24,27,34H,4-13,17,19,33H2,1-3H3,(H,35,40)(H,37,41). The number of rotatable bonds is 10. The predicted molar refractivity (Wildman–Crippen MR) is 166 cm³/mol. The van der Waals surface area contributed by atoms with Gasteiger partial charge in [0.05, 0.1) is 26.0 Å². The highest BCUT2D eigenvalue weighted by Gasteiger charge is 2.21. The van der Waals surface area contributed by atoms with Gasteiger partial charge in [-0.1, -0.05) is 0 Å². The van der Waals surface area contributed by atoms with Crippen LogP contribution in [0.2, 0.25) is 0 Å². The summed E-state index contributed by atoms with van der Waals surface area (Å²) < 4.78 is 7.43. The summed E-state index contributed by atoms with van der Waals surface area (Å²) in [7, 11) is 0. The van der Waals surface area contributed by atoms with Crippen molar-refractivity contribution in [3.8, 4) is 11.1 Å². The molecule has 3 aromatic rings. The van der Waals surface area contributed by atoms with Crippen LogP contribution in [0.3, 0.4) is 0 Å². The maximum atomic E-state index is 13.6. The zero-order valence-corrected chi connectivity index (χ0v) is 25.2. The highest BCUT2D eigenvalue weighted by atomic mass is 16.5. The maximum absolute atomic E-state index is 13.6. The van der Waals surface area contributed by atoms with E-state index in [0.29, 0.717) is 23.1 Å². The van der Waals surface area contributed by atoms with Gasteiger partial charge in [0.25, 0.3) is 11.5 Å². The minimum absolute atomic E-state index is 0.161. The summed E-state index contributed by atoms with van der Waals surface area (Å²) in [6, 6.07) is 6.29. The average Bonchev–Trinajstić information content (AvgIpc) is 3.45. The van der Waals surface area contributed by atoms with Gasteiger partial charge in [-0.15, -0.1) is 0 Å². The molecule has 226 valence electrons. The van der Waals surface area contributed by atoms with Crippen LogP contribution in [-0.2, 0) is 17.8 Å². The topological polar surface area (TPSA) is 130 Å². The fraction of sp³-hybridized carbons (Fsp3) is 0.531. The molecule has 5 N–H and O–H groups in total. The minimum atomic E-state index is -0.208. The molecule has 3 heterocycles. The molecular formula is C32H45N7O3. The zero-order chi connectivity index (χ0) is 29.6. The van der Waals surface area contributed by atoms with Crippen LogP contribution in [0.5, 0.6) is 0 Å². The number of H-pyrrole nitrogens is 1. The number of aryl methyl sites for hydroxylation is 2. The third-order valence-electron chi connectivity index (χ3n) is 8.76. The Morgan fingerprint density at radius 2 is 1.83 bits per heavy atom. The average molecular weight is 576 g/mol. The Labute approximate surface area is 248 Å². The molecule has 1 aliphatic carbocycles. The molecule has 42 heavy (non-hydrogen) atoms. The van der Waals surface area contributed by atoms with Crippen molar-refractivity contribution in [2.75, 3.05) is 44.7 Å². The van der Waals surface area contributed by atoms with Crippen LogP contribution in [0.1, 0.15) is 58.4 Å². The molecule has 10 heteroatoms. The van der Waals surface area contributed by atoms with Gasteiger partial charge in [0, 0.05) is 73.0 Å². The van der Waals surface area contributed by atoms with Crippen molar-refractivity contribution >= 4 is 11.6 Å². The molecule has 2 aromatic heterocycles. The molecule has 0 unspecified atom stereocenters. The molecular weight excluding hydrogens is 530 g/mol. The van der Waals surface area contributed by atoms with E-state index in [1.54, 1.807) is 0 Å². The summed E-state index contributed by atoms with van der Waals surface area (Å²) in [6.07, 6.45) is 8.25. The minimum Gasteiger partial charge on any atom is -0.385 e. The number of nitrogens with zero attached hydrogens (tertiary/aromatic N) is 3. The molecule has 10 nitrogen and oxygen atoms in total. The summed E-state index contributed by atoms with van der Waals surface area (Å²) in [5, 5.41) is 11.3. The monoisotopic (exact) mass is 575 g/mol. The van der Waals surface area contributed by atoms with Gasteiger partial charge in [0.15, 0.2) is 0 Å². The second-order valence-corrected chi connectivity index (χ2v) is 11.9. The van der Waals surface area contributed by atoms with E-state index in [-0.39, 0.29) is 18.0 Å². The van der Waals surface area contributed by atoms with Crippen LogP contribution in [-0.4, -0.2) is 71.0 Å². The van der Waals surface area contributed by atoms with E-state index in [1.807, 2.05) is 50.0 Å². The van der Waals surface area contributed by atoms with Crippen molar-refractivity contribution in [3.05, 3.63) is 68.9 Å². The van der Waals surface area contributed by atoms with Crippen molar-refractivity contribution in [1.82, 2.24) is 25.0 Å². The Bertz CT molecular complexity index is 1430. The van der Waals surface area contributed by atoms with E-state index in [4.69, 9.17) is 10.5 Å². The summed E-state index contributed by atoms with van der Waals surface area (Å²) in [5.74, 6) is 0.351. The fourth-order valence-electron chi connectivity index (χ4n) is 6.02. The summed E-state index contributed by atoms with van der Waals surface area (Å²) in [5.41, 5.74) is 12.5. The molecule has 1 saturated carbocycles. The third-order valence-corrected chi connectivity index (χ3v) is 8.76. The van der Waals surface area contributed by atoms with Gasteiger partial charge >= 0.3 is 0 Å². The molecule has 2 fully saturated rings. The van der Waals surface area contributed by atoms with Crippen LogP contribution in [0, 0.1) is 26.7 Å². The molecule has 0 bridgehead atoms. The Morgan fingerprint density at radius 3 is 2.57 bits per heavy atom. The van der Waals surface area contributed by atoms with E-state index >= 15 is 0 Å². The lowest BCUT2D eigenvalue weighted by molar-refractivity contribution is 0.0360. The molecule has 1 aliphatic heterocycles. The smallest absolute Gasteiger partial charge is 0.253 e. The number of carbonyl (C=O) groups excluding carboxylic acids is 1. The molecule has 0 atom stereocenters. The first-order chi connectivity index (χ1) is 20.3. The second kappa shape index (κ2) is 13.7. The first-order valence-electron chi connectivity index (χ1n) is 15.2. The Hall–Kier alpha value is -3.47. The van der Waals surface area contributed by atoms with Crippen molar-refractivity contribution in [2.45, 2.75) is 65.6 Å². The number of hydrogen-bond acceptors (Lipinski definition) is 7. The molecule has 2 aliphatic rings. The van der Waals surface area contributed by atoms with E-state index in [9.17, 15) is 9.59 Å². The second-order valence-electron chi connectivity index (χ2n) is 11.9. The number of pyridine rings is 1. The first kappa shape index (κ1) is 30.0. The molecule has 1 aromatic carbocycles. The lowest BCUT2D eigenvalue weighted by atomic mass is 9.86. The Morgan fingerprint density at radius 1 is 1.07 bits per heavy atom. The van der Waals surface area contributed by atoms with E-state index in [0.717, 1.165) is 105 Å². The van der Waals surface area contributed by atoms with E-state index in [2.05, 4.69) is 31.7 Å². The SMILES string of the molecule is Cc1cc(C)c(CNC(=O)c2cc(-c3cnn(CCN4CCOCC4)c3)cc(NCC3CCC(N)CC3)c2C)c(=O)[nH]1. The number of morpholine rings is 1. The van der Waals surface area contributed by atoms with Crippen molar-refractivity contribution < 1.29 is 9.53 Å². The van der Waals surface area contributed by atoms with E-state index in [1.165, 1.54) is 0 Å². The number of nitrogens with one attached hydrogen (secondary N) is 3. The first-order valence-corrected chi connectivity index (χ1v) is 15.2. The number of amides is 1. The van der Waals surface area contributed by atoms with Gasteiger partial charge in [-0.05, 0) is 87.3 Å². The number of ether oxygens (including phenoxy) is 1. The van der Waals surface area contributed by atoms with Gasteiger partial charge in [0.1, 0.15) is 0 Å². The van der Waals surface area contributed by atoms with Crippen molar-refractivity contribution in [2.24, 2.45) is 11.7 Å². The lowest BCUT2D eigenvalue weighted by Crippen LogP contribution is -2.38. The van der Waals surface area contributed by atoms with Crippen LogP contribution in [0.4, 0.5) is 5.69 Å². The van der Waals surface area contributed by atoms with Crippen LogP contribution < -0.4 is 21.9 Å². The van der Waals surface area contributed by atoms with Gasteiger partial charge in [-0.3, -0.25) is 19.2 Å². The molecule has 0 spiro atoms. The zero-order valence-electron chi connectivity index (χ0n) is 25.2. The summed E-state index contributed by atoms with van der Waals surface area (Å²) in [4.78, 5) is 31.4. The van der Waals surface area contributed by atoms with Gasteiger partial charge in [0.2, 0.25) is 0 Å². The van der Waals surface area contributed by atoms with Crippen molar-refractivity contribution in [1.29, 1.82) is 0 Å². The van der Waals surface area contributed by atoms with Gasteiger partial charge in [-0.2, -0.15) is 5.10 Å². The lowest BCUT2D eigenvalue weighted by Gasteiger charge is -2.27. The van der Waals surface area contributed by atoms with Crippen LogP contribution in [0.15, 0.2) is 35.4 Å². The van der Waals surface area contributed by atoms with Gasteiger partial charge in [-0.25, -0.2) is 0 Å². The summed E-state index contributed by atoms with van der Waals surface area (Å²) in [6.45, 7) is 11.9. The predicted octanol–water partition coefficient (Wildman–Crippen LogP) is 3.36. The van der Waals surface area contributed by atoms with Gasteiger partial charge < -0.3 is 26.1 Å². The maximum Gasteiger partial charge on any atom is 0.253 e. The number of nitrogens with two attached hydrogens (primary N) is 1. The number of aromatic nitrogens is 3. The Kier molecular flexibility index (Phi) is 9.76. The quantitative estimate of drug-likeness (QED) is 0.292. The molecule has 0 radical (unpaired) electrons. The normalized spacial score (nSPS) is 19.5. The van der Waals surface area contributed by atoms with E-state index < -0.39 is 0 Å². The molecule has 1 amide bonds.